The minimum absolute atomic E-state index is 0.336. The summed E-state index contributed by atoms with van der Waals surface area (Å²) in [5.74, 6) is -0.144. The van der Waals surface area contributed by atoms with Crippen LogP contribution in [0.3, 0.4) is 0 Å². The molecular weight excluding hydrogens is 298 g/mol. The molecule has 0 N–H and O–H groups in total. The van der Waals surface area contributed by atoms with E-state index < -0.39 is 11.6 Å². The normalized spacial score (nSPS) is 18.3. The standard InChI is InChI=1S/C17H20F2N4/c1-12-5-17(21-11-20-12)22(2)16-3-4-23(10-16)9-13-6-14(18)8-15(19)7-13/h5-8,11,16H,3-4,9-10H2,1-2H3. The fourth-order valence-electron chi connectivity index (χ4n) is 3.05. The zero-order chi connectivity index (χ0) is 16.4. The molecule has 4 nitrogen and oxygen atoms in total. The molecule has 6 heteroatoms. The minimum atomic E-state index is -0.524. The molecule has 2 aromatic rings. The van der Waals surface area contributed by atoms with Gasteiger partial charge in [-0.15, -0.1) is 0 Å². The van der Waals surface area contributed by atoms with Crippen molar-refractivity contribution in [3.05, 3.63) is 53.5 Å². The summed E-state index contributed by atoms with van der Waals surface area (Å²) in [6, 6.07) is 6.00. The smallest absolute Gasteiger partial charge is 0.132 e. The average Bonchev–Trinajstić information content (AvgIpc) is 2.94. The topological polar surface area (TPSA) is 32.3 Å². The Bertz CT molecular complexity index is 672. The van der Waals surface area contributed by atoms with Crippen LogP contribution >= 0.6 is 0 Å². The number of hydrogen-bond acceptors (Lipinski definition) is 4. The molecule has 1 aliphatic heterocycles. The number of anilines is 1. The average molecular weight is 318 g/mol. The first-order valence-corrected chi connectivity index (χ1v) is 7.70. The van der Waals surface area contributed by atoms with E-state index in [1.807, 2.05) is 20.0 Å². The number of hydrogen-bond donors (Lipinski definition) is 0. The van der Waals surface area contributed by atoms with Gasteiger partial charge >= 0.3 is 0 Å². The maximum atomic E-state index is 13.3. The predicted octanol–water partition coefficient (Wildman–Crippen LogP) is 2.77. The summed E-state index contributed by atoms with van der Waals surface area (Å²) in [6.07, 6.45) is 2.57. The second-order valence-corrected chi connectivity index (χ2v) is 6.08. The van der Waals surface area contributed by atoms with Crippen molar-refractivity contribution in [2.45, 2.75) is 25.9 Å². The third-order valence-corrected chi connectivity index (χ3v) is 4.27. The summed E-state index contributed by atoms with van der Waals surface area (Å²) in [5, 5.41) is 0. The Morgan fingerprint density at radius 1 is 1.17 bits per heavy atom. The van der Waals surface area contributed by atoms with Crippen LogP contribution in [0.15, 0.2) is 30.6 Å². The van der Waals surface area contributed by atoms with Crippen LogP contribution < -0.4 is 4.90 Å². The zero-order valence-corrected chi connectivity index (χ0v) is 13.3. The molecule has 0 amide bonds. The molecule has 0 spiro atoms. The summed E-state index contributed by atoms with van der Waals surface area (Å²) < 4.78 is 26.6. The number of nitrogens with zero attached hydrogens (tertiary/aromatic N) is 4. The molecule has 3 rings (SSSR count). The molecule has 1 aliphatic rings. The lowest BCUT2D eigenvalue weighted by Gasteiger charge is -2.26. The van der Waals surface area contributed by atoms with Gasteiger partial charge in [0, 0.05) is 50.6 Å². The monoisotopic (exact) mass is 318 g/mol. The highest BCUT2D eigenvalue weighted by atomic mass is 19.1. The van der Waals surface area contributed by atoms with E-state index in [4.69, 9.17) is 0 Å². The van der Waals surface area contributed by atoms with Crippen molar-refractivity contribution in [2.75, 3.05) is 25.0 Å². The first kappa shape index (κ1) is 15.8. The number of aromatic nitrogens is 2. The fourth-order valence-corrected chi connectivity index (χ4v) is 3.05. The van der Waals surface area contributed by atoms with E-state index in [0.717, 1.165) is 37.1 Å². The summed E-state index contributed by atoms with van der Waals surface area (Å²) >= 11 is 0. The van der Waals surface area contributed by atoms with Crippen LogP contribution in [0, 0.1) is 18.6 Å². The second kappa shape index (κ2) is 6.58. The maximum absolute atomic E-state index is 13.3. The van der Waals surface area contributed by atoms with Crippen LogP contribution in [-0.2, 0) is 6.54 Å². The Morgan fingerprint density at radius 3 is 2.61 bits per heavy atom. The van der Waals surface area contributed by atoms with Crippen molar-refractivity contribution in [1.82, 2.24) is 14.9 Å². The zero-order valence-electron chi connectivity index (χ0n) is 13.3. The number of likely N-dealkylation sites (N-methyl/N-ethyl adjacent to an activating group) is 1. The Kier molecular flexibility index (Phi) is 4.52. The van der Waals surface area contributed by atoms with Crippen molar-refractivity contribution in [2.24, 2.45) is 0 Å². The van der Waals surface area contributed by atoms with E-state index in [-0.39, 0.29) is 0 Å². The quantitative estimate of drug-likeness (QED) is 0.868. The molecule has 2 heterocycles. The van der Waals surface area contributed by atoms with Crippen LogP contribution in [0.4, 0.5) is 14.6 Å². The Morgan fingerprint density at radius 2 is 1.91 bits per heavy atom. The molecule has 1 atom stereocenters. The Labute approximate surface area is 134 Å². The number of halogens is 2. The van der Waals surface area contributed by atoms with E-state index >= 15 is 0 Å². The van der Waals surface area contributed by atoms with Crippen LogP contribution in [0.5, 0.6) is 0 Å². The van der Waals surface area contributed by atoms with Crippen LogP contribution in [0.2, 0.25) is 0 Å². The van der Waals surface area contributed by atoms with Crippen molar-refractivity contribution >= 4 is 5.82 Å². The van der Waals surface area contributed by atoms with Gasteiger partial charge < -0.3 is 4.90 Å². The van der Waals surface area contributed by atoms with E-state index in [2.05, 4.69) is 19.8 Å². The lowest BCUT2D eigenvalue weighted by molar-refractivity contribution is 0.324. The molecule has 122 valence electrons. The first-order valence-electron chi connectivity index (χ1n) is 7.70. The van der Waals surface area contributed by atoms with Gasteiger partial charge in [-0.25, -0.2) is 18.7 Å². The van der Waals surface area contributed by atoms with E-state index in [0.29, 0.717) is 18.2 Å². The van der Waals surface area contributed by atoms with Gasteiger partial charge in [-0.3, -0.25) is 4.90 Å². The number of benzene rings is 1. The molecule has 0 radical (unpaired) electrons. The maximum Gasteiger partial charge on any atom is 0.132 e. The van der Waals surface area contributed by atoms with E-state index in [1.54, 1.807) is 6.33 Å². The lowest BCUT2D eigenvalue weighted by Crippen LogP contribution is -2.35. The van der Waals surface area contributed by atoms with E-state index in [9.17, 15) is 8.78 Å². The lowest BCUT2D eigenvalue weighted by atomic mass is 10.2. The van der Waals surface area contributed by atoms with Crippen LogP contribution in [0.1, 0.15) is 17.7 Å². The summed E-state index contributed by atoms with van der Waals surface area (Å²) in [7, 11) is 2.03. The number of likely N-dealkylation sites (tertiary alicyclic amines) is 1. The molecule has 1 saturated heterocycles. The Balaban J connectivity index is 1.64. The van der Waals surface area contributed by atoms with Gasteiger partial charge in [0.1, 0.15) is 23.8 Å². The fraction of sp³-hybridized carbons (Fsp3) is 0.412. The Hall–Kier alpha value is -2.08. The van der Waals surface area contributed by atoms with Gasteiger partial charge in [-0.1, -0.05) is 0 Å². The van der Waals surface area contributed by atoms with Crippen LogP contribution in [0.25, 0.3) is 0 Å². The summed E-state index contributed by atoms with van der Waals surface area (Å²) in [4.78, 5) is 12.8. The van der Waals surface area contributed by atoms with Gasteiger partial charge in [0.15, 0.2) is 0 Å². The SMILES string of the molecule is Cc1cc(N(C)C2CCN(Cc3cc(F)cc(F)c3)C2)ncn1. The molecule has 23 heavy (non-hydrogen) atoms. The molecule has 1 unspecified atom stereocenters. The number of rotatable bonds is 4. The van der Waals surface area contributed by atoms with Gasteiger partial charge in [0.25, 0.3) is 0 Å². The molecule has 1 aromatic carbocycles. The van der Waals surface area contributed by atoms with Crippen LogP contribution in [-0.4, -0.2) is 41.0 Å². The molecule has 0 saturated carbocycles. The van der Waals surface area contributed by atoms with E-state index in [1.165, 1.54) is 12.1 Å². The molecular formula is C17H20F2N4. The largest absolute Gasteiger partial charge is 0.355 e. The third kappa shape index (κ3) is 3.82. The van der Waals surface area contributed by atoms with Gasteiger partial charge in [0.05, 0.1) is 0 Å². The van der Waals surface area contributed by atoms with Gasteiger partial charge in [-0.2, -0.15) is 0 Å². The first-order chi connectivity index (χ1) is 11.0. The van der Waals surface area contributed by atoms with Gasteiger partial charge in [-0.05, 0) is 31.0 Å². The summed E-state index contributed by atoms with van der Waals surface area (Å²) in [6.45, 7) is 4.25. The highest BCUT2D eigenvalue weighted by molar-refractivity contribution is 5.39. The third-order valence-electron chi connectivity index (χ3n) is 4.27. The highest BCUT2D eigenvalue weighted by Gasteiger charge is 2.26. The molecule has 1 aromatic heterocycles. The van der Waals surface area contributed by atoms with Crippen molar-refractivity contribution in [1.29, 1.82) is 0 Å². The predicted molar refractivity (Wildman–Crippen MR) is 85.2 cm³/mol. The molecule has 0 aliphatic carbocycles. The molecule has 1 fully saturated rings. The minimum Gasteiger partial charge on any atom is -0.355 e. The number of aryl methyl sites for hydroxylation is 1. The van der Waals surface area contributed by atoms with Crippen molar-refractivity contribution < 1.29 is 8.78 Å². The van der Waals surface area contributed by atoms with Gasteiger partial charge in [0.2, 0.25) is 0 Å². The van der Waals surface area contributed by atoms with Crippen molar-refractivity contribution in [3.8, 4) is 0 Å². The summed E-state index contributed by atoms with van der Waals surface area (Å²) in [5.41, 5.74) is 1.61. The highest BCUT2D eigenvalue weighted by Crippen LogP contribution is 2.22. The second-order valence-electron chi connectivity index (χ2n) is 6.08. The van der Waals surface area contributed by atoms with Crippen molar-refractivity contribution in [3.63, 3.8) is 0 Å². The molecule has 0 bridgehead atoms.